The van der Waals surface area contributed by atoms with E-state index in [1.54, 1.807) is 31.2 Å². The Labute approximate surface area is 121 Å². The van der Waals surface area contributed by atoms with Gasteiger partial charge in [-0.25, -0.2) is 4.79 Å². The molecule has 0 radical (unpaired) electrons. The van der Waals surface area contributed by atoms with E-state index in [1.165, 1.54) is 0 Å². The molecule has 0 aromatic heterocycles. The number of esters is 1. The Bertz CT molecular complexity index is 378. The molecule has 1 N–H and O–H groups in total. The fourth-order valence-corrected chi connectivity index (χ4v) is 1.89. The highest BCUT2D eigenvalue weighted by Crippen LogP contribution is 2.19. The first-order chi connectivity index (χ1) is 9.19. The minimum absolute atomic E-state index is 0.255. The van der Waals surface area contributed by atoms with Gasteiger partial charge in [0.1, 0.15) is 5.75 Å². The van der Waals surface area contributed by atoms with Crippen LogP contribution in [0.25, 0.3) is 0 Å². The van der Waals surface area contributed by atoms with Gasteiger partial charge in [0.15, 0.2) is 6.10 Å². The zero-order valence-corrected chi connectivity index (χ0v) is 12.6. The van der Waals surface area contributed by atoms with Crippen molar-refractivity contribution < 1.29 is 19.4 Å². The van der Waals surface area contributed by atoms with Gasteiger partial charge in [-0.2, -0.15) is 0 Å². The van der Waals surface area contributed by atoms with Crippen molar-refractivity contribution in [3.8, 4) is 5.75 Å². The SMILES string of the molecule is CCOC(=O)C(O)c1ccc(OCCCCBr)cc1. The first kappa shape index (κ1) is 16.0. The molecule has 0 spiro atoms. The van der Waals surface area contributed by atoms with Crippen LogP contribution in [0.15, 0.2) is 24.3 Å². The second-order valence-corrected chi connectivity index (χ2v) is 4.76. The molecule has 0 heterocycles. The number of aliphatic hydroxyl groups excluding tert-OH is 1. The summed E-state index contributed by atoms with van der Waals surface area (Å²) in [6, 6.07) is 6.82. The van der Waals surface area contributed by atoms with Crippen molar-refractivity contribution in [3.63, 3.8) is 0 Å². The van der Waals surface area contributed by atoms with Crippen LogP contribution in [0.2, 0.25) is 0 Å². The number of aliphatic hydroxyl groups is 1. The van der Waals surface area contributed by atoms with Gasteiger partial charge in [0.05, 0.1) is 13.2 Å². The molecule has 1 rings (SSSR count). The van der Waals surface area contributed by atoms with Gasteiger partial charge in [-0.1, -0.05) is 28.1 Å². The number of unbranched alkanes of at least 4 members (excludes halogenated alkanes) is 1. The number of halogens is 1. The molecule has 0 bridgehead atoms. The number of hydrogen-bond donors (Lipinski definition) is 1. The van der Waals surface area contributed by atoms with Gasteiger partial charge in [0.25, 0.3) is 0 Å². The maximum absolute atomic E-state index is 11.4. The molecule has 0 saturated carbocycles. The zero-order chi connectivity index (χ0) is 14.1. The first-order valence-corrected chi connectivity index (χ1v) is 7.44. The largest absolute Gasteiger partial charge is 0.494 e. The Morgan fingerprint density at radius 1 is 1.32 bits per heavy atom. The number of rotatable bonds is 8. The lowest BCUT2D eigenvalue weighted by Crippen LogP contribution is -2.15. The molecular formula is C14H19BrO4. The topological polar surface area (TPSA) is 55.8 Å². The van der Waals surface area contributed by atoms with Crippen molar-refractivity contribution in [2.24, 2.45) is 0 Å². The summed E-state index contributed by atoms with van der Waals surface area (Å²) in [5.74, 6) is 0.0999. The summed E-state index contributed by atoms with van der Waals surface area (Å²) < 4.78 is 10.3. The van der Waals surface area contributed by atoms with Crippen LogP contribution in [0.3, 0.4) is 0 Å². The summed E-state index contributed by atoms with van der Waals surface area (Å²) in [5.41, 5.74) is 0.506. The summed E-state index contributed by atoms with van der Waals surface area (Å²) in [5, 5.41) is 10.7. The van der Waals surface area contributed by atoms with E-state index >= 15 is 0 Å². The Balaban J connectivity index is 2.48. The molecule has 0 fully saturated rings. The highest BCUT2D eigenvalue weighted by molar-refractivity contribution is 9.09. The average Bonchev–Trinajstić information content (AvgIpc) is 2.44. The fraction of sp³-hybridized carbons (Fsp3) is 0.500. The molecule has 19 heavy (non-hydrogen) atoms. The van der Waals surface area contributed by atoms with Gasteiger partial charge in [0.2, 0.25) is 0 Å². The van der Waals surface area contributed by atoms with Crippen molar-refractivity contribution in [1.82, 2.24) is 0 Å². The third kappa shape index (κ3) is 5.61. The van der Waals surface area contributed by atoms with Crippen LogP contribution in [0.5, 0.6) is 5.75 Å². The van der Waals surface area contributed by atoms with Crippen molar-refractivity contribution in [2.75, 3.05) is 18.5 Å². The molecule has 0 aliphatic rings. The molecule has 106 valence electrons. The molecule has 0 aliphatic carbocycles. The summed E-state index contributed by atoms with van der Waals surface area (Å²) in [7, 11) is 0. The standard InChI is InChI=1S/C14H19BrO4/c1-2-18-14(17)13(16)11-5-7-12(8-6-11)19-10-4-3-9-15/h5-8,13,16H,2-4,9-10H2,1H3. The van der Waals surface area contributed by atoms with E-state index in [9.17, 15) is 9.90 Å². The Hall–Kier alpha value is -1.07. The van der Waals surface area contributed by atoms with Gasteiger partial charge in [-0.05, 0) is 37.5 Å². The molecule has 1 aromatic rings. The number of carbonyl (C=O) groups excluding carboxylic acids is 1. The predicted octanol–water partition coefficient (Wildman–Crippen LogP) is 2.84. The normalized spacial score (nSPS) is 11.9. The lowest BCUT2D eigenvalue weighted by atomic mass is 10.1. The van der Waals surface area contributed by atoms with E-state index in [4.69, 9.17) is 9.47 Å². The van der Waals surface area contributed by atoms with E-state index in [-0.39, 0.29) is 6.61 Å². The highest BCUT2D eigenvalue weighted by Gasteiger charge is 2.18. The summed E-state index contributed by atoms with van der Waals surface area (Å²) in [6.07, 6.45) is 0.820. The minimum Gasteiger partial charge on any atom is -0.494 e. The minimum atomic E-state index is -1.23. The molecule has 1 atom stereocenters. The van der Waals surface area contributed by atoms with Crippen molar-refractivity contribution in [3.05, 3.63) is 29.8 Å². The maximum atomic E-state index is 11.4. The quantitative estimate of drug-likeness (QED) is 0.452. The molecule has 4 nitrogen and oxygen atoms in total. The fourth-order valence-electron chi connectivity index (χ4n) is 1.49. The number of hydrogen-bond acceptors (Lipinski definition) is 4. The Kier molecular flexibility index (Phi) is 7.52. The van der Waals surface area contributed by atoms with Crippen LogP contribution in [0.4, 0.5) is 0 Å². The van der Waals surface area contributed by atoms with Crippen molar-refractivity contribution in [2.45, 2.75) is 25.9 Å². The van der Waals surface area contributed by atoms with Crippen LogP contribution in [0.1, 0.15) is 31.4 Å². The molecule has 1 aromatic carbocycles. The lowest BCUT2D eigenvalue weighted by molar-refractivity contribution is -0.153. The zero-order valence-electron chi connectivity index (χ0n) is 11.0. The Morgan fingerprint density at radius 2 is 2.00 bits per heavy atom. The number of alkyl halides is 1. The summed E-state index contributed by atoms with van der Waals surface area (Å²) in [6.45, 7) is 2.62. The molecule has 1 unspecified atom stereocenters. The monoisotopic (exact) mass is 330 g/mol. The van der Waals surface area contributed by atoms with Gasteiger partial charge in [-0.15, -0.1) is 0 Å². The van der Waals surface area contributed by atoms with Gasteiger partial charge in [-0.3, -0.25) is 0 Å². The van der Waals surface area contributed by atoms with Gasteiger partial charge < -0.3 is 14.6 Å². The molecule has 5 heteroatoms. The molecular weight excluding hydrogens is 312 g/mol. The van der Waals surface area contributed by atoms with Crippen molar-refractivity contribution >= 4 is 21.9 Å². The number of carbonyl (C=O) groups is 1. The third-order valence-electron chi connectivity index (χ3n) is 2.50. The number of benzene rings is 1. The van der Waals surface area contributed by atoms with Crippen LogP contribution in [0, 0.1) is 0 Å². The third-order valence-corrected chi connectivity index (χ3v) is 3.06. The average molecular weight is 331 g/mol. The Morgan fingerprint density at radius 3 is 2.58 bits per heavy atom. The van der Waals surface area contributed by atoms with Crippen molar-refractivity contribution in [1.29, 1.82) is 0 Å². The van der Waals surface area contributed by atoms with E-state index < -0.39 is 12.1 Å². The molecule has 0 amide bonds. The van der Waals surface area contributed by atoms with E-state index in [2.05, 4.69) is 15.9 Å². The summed E-state index contributed by atoms with van der Waals surface area (Å²) in [4.78, 5) is 11.4. The lowest BCUT2D eigenvalue weighted by Gasteiger charge is -2.11. The van der Waals surface area contributed by atoms with E-state index in [0.717, 1.165) is 23.9 Å². The van der Waals surface area contributed by atoms with Gasteiger partial charge in [0, 0.05) is 5.33 Å². The molecule has 0 aliphatic heterocycles. The van der Waals surface area contributed by atoms with Crippen LogP contribution in [-0.2, 0) is 9.53 Å². The summed E-state index contributed by atoms with van der Waals surface area (Å²) >= 11 is 3.36. The van der Waals surface area contributed by atoms with Crippen LogP contribution < -0.4 is 4.74 Å². The van der Waals surface area contributed by atoms with Crippen LogP contribution >= 0.6 is 15.9 Å². The molecule has 0 saturated heterocycles. The predicted molar refractivity (Wildman–Crippen MR) is 76.6 cm³/mol. The van der Waals surface area contributed by atoms with Gasteiger partial charge >= 0.3 is 5.97 Å². The smallest absolute Gasteiger partial charge is 0.339 e. The van der Waals surface area contributed by atoms with E-state index in [1.807, 2.05) is 0 Å². The van der Waals surface area contributed by atoms with Crippen LogP contribution in [-0.4, -0.2) is 29.6 Å². The maximum Gasteiger partial charge on any atom is 0.339 e. The first-order valence-electron chi connectivity index (χ1n) is 6.32. The number of ether oxygens (including phenoxy) is 2. The second kappa shape index (κ2) is 8.93. The van der Waals surface area contributed by atoms with E-state index in [0.29, 0.717) is 12.2 Å². The highest BCUT2D eigenvalue weighted by atomic mass is 79.9. The second-order valence-electron chi connectivity index (χ2n) is 3.97.